The van der Waals surface area contributed by atoms with Crippen LogP contribution in [0.25, 0.3) is 11.4 Å². The Morgan fingerprint density at radius 1 is 1.03 bits per heavy atom. The summed E-state index contributed by atoms with van der Waals surface area (Å²) in [6, 6.07) is 23.3. The van der Waals surface area contributed by atoms with Crippen molar-refractivity contribution in [2.75, 3.05) is 10.7 Å². The minimum absolute atomic E-state index is 0.154. The molecule has 2 N–H and O–H groups in total. The van der Waals surface area contributed by atoms with Crippen LogP contribution in [0.4, 0.5) is 10.1 Å². The van der Waals surface area contributed by atoms with Crippen LogP contribution in [0.1, 0.15) is 24.1 Å². The Labute approximate surface area is 195 Å². The maximum Gasteiger partial charge on any atom is 0.240 e. The monoisotopic (exact) mass is 459 g/mol. The molecule has 33 heavy (non-hydrogen) atoms. The molecular weight excluding hydrogens is 437 g/mol. The first-order valence-electron chi connectivity index (χ1n) is 10.7. The quantitative estimate of drug-likeness (QED) is 0.437. The highest BCUT2D eigenvalue weighted by atomic mass is 32.2. The summed E-state index contributed by atoms with van der Waals surface area (Å²) < 4.78 is 15.4. The molecule has 1 aromatic heterocycles. The number of nitrogens with zero attached hydrogens (tertiary/aromatic N) is 3. The lowest BCUT2D eigenvalue weighted by Gasteiger charge is -2.33. The Bertz CT molecular complexity index is 1280. The lowest BCUT2D eigenvalue weighted by atomic mass is 10.0. The topological polar surface area (TPSA) is 71.8 Å². The maximum absolute atomic E-state index is 13.6. The molecule has 0 aliphatic carbocycles. The Morgan fingerprint density at radius 3 is 2.52 bits per heavy atom. The van der Waals surface area contributed by atoms with Gasteiger partial charge in [0.25, 0.3) is 0 Å². The molecule has 6 nitrogen and oxygen atoms in total. The average Bonchev–Trinajstić information content (AvgIpc) is 3.27. The largest absolute Gasteiger partial charge is 0.325 e. The Balaban J connectivity index is 1.52. The Hall–Kier alpha value is -3.65. The molecule has 0 unspecified atom stereocenters. The number of rotatable bonds is 5. The van der Waals surface area contributed by atoms with Crippen LogP contribution >= 0.6 is 11.8 Å². The second-order valence-corrected chi connectivity index (χ2v) is 8.81. The van der Waals surface area contributed by atoms with E-state index in [1.807, 2.05) is 54.6 Å². The highest BCUT2D eigenvalue weighted by molar-refractivity contribution is 8.00. The van der Waals surface area contributed by atoms with E-state index >= 15 is 0 Å². The third-order valence-corrected chi connectivity index (χ3v) is 6.83. The molecule has 1 amide bonds. The van der Waals surface area contributed by atoms with Gasteiger partial charge in [-0.2, -0.15) is 0 Å². The van der Waals surface area contributed by atoms with Crippen molar-refractivity contribution in [2.45, 2.75) is 29.8 Å². The van der Waals surface area contributed by atoms with Crippen molar-refractivity contribution in [2.24, 2.45) is 0 Å². The molecule has 0 radical (unpaired) electrons. The van der Waals surface area contributed by atoms with E-state index in [9.17, 15) is 9.18 Å². The van der Waals surface area contributed by atoms with Gasteiger partial charge in [-0.15, -0.1) is 10.2 Å². The summed E-state index contributed by atoms with van der Waals surface area (Å²) in [4.78, 5) is 13.5. The highest BCUT2D eigenvalue weighted by Gasteiger charge is 2.38. The molecule has 8 heteroatoms. The first-order valence-corrected chi connectivity index (χ1v) is 11.6. The third-order valence-electron chi connectivity index (χ3n) is 5.61. The summed E-state index contributed by atoms with van der Waals surface area (Å²) in [6.45, 7) is 2.05. The fraction of sp³-hybridized carbons (Fsp3) is 0.160. The molecule has 0 saturated heterocycles. The SMILES string of the molecule is CCc1ccccc1NC(=O)[C@H]1Sc2nnc(-c3ccccc3)n2N[C@H]1c1ccc(F)cc1. The zero-order chi connectivity index (χ0) is 22.8. The van der Waals surface area contributed by atoms with E-state index in [4.69, 9.17) is 0 Å². The van der Waals surface area contributed by atoms with Gasteiger partial charge in [-0.05, 0) is 35.7 Å². The number of carbonyl (C=O) groups is 1. The summed E-state index contributed by atoms with van der Waals surface area (Å²) >= 11 is 1.34. The number of fused-ring (bicyclic) bond motifs is 1. The van der Waals surface area contributed by atoms with Gasteiger partial charge in [-0.1, -0.05) is 79.3 Å². The van der Waals surface area contributed by atoms with Crippen molar-refractivity contribution < 1.29 is 9.18 Å². The summed E-state index contributed by atoms with van der Waals surface area (Å²) in [7, 11) is 0. The van der Waals surface area contributed by atoms with Crippen LogP contribution < -0.4 is 10.7 Å². The van der Waals surface area contributed by atoms with Crippen molar-refractivity contribution in [1.29, 1.82) is 0 Å². The summed E-state index contributed by atoms with van der Waals surface area (Å²) in [5, 5.41) is 11.8. The number of amides is 1. The highest BCUT2D eigenvalue weighted by Crippen LogP contribution is 2.39. The molecular formula is C25H22FN5OS. The molecule has 0 bridgehead atoms. The van der Waals surface area contributed by atoms with E-state index in [0.717, 1.165) is 28.8 Å². The number of halogens is 1. The second kappa shape index (κ2) is 9.07. The number of anilines is 1. The maximum atomic E-state index is 13.6. The molecule has 3 aromatic carbocycles. The number of carbonyl (C=O) groups excluding carboxylic acids is 1. The zero-order valence-electron chi connectivity index (χ0n) is 17.9. The summed E-state index contributed by atoms with van der Waals surface area (Å²) in [5.74, 6) is 0.175. The summed E-state index contributed by atoms with van der Waals surface area (Å²) in [6.07, 6.45) is 0.808. The fourth-order valence-electron chi connectivity index (χ4n) is 3.90. The standard InChI is InChI=1S/C25H22FN5OS/c1-2-16-8-6-7-11-20(16)27-24(32)22-21(17-12-14-19(26)15-13-17)30-31-23(28-29-25(31)33-22)18-9-4-3-5-10-18/h3-15,21-22,30H,2H2,1H3,(H,27,32)/t21-,22-/m0/s1. The van der Waals surface area contributed by atoms with Gasteiger partial charge in [0, 0.05) is 11.3 Å². The van der Waals surface area contributed by atoms with Crippen LogP contribution in [0.15, 0.2) is 84.0 Å². The lowest BCUT2D eigenvalue weighted by Crippen LogP contribution is -2.41. The molecule has 2 heterocycles. The van der Waals surface area contributed by atoms with Crippen LogP contribution in [-0.2, 0) is 11.2 Å². The number of hydrogen-bond donors (Lipinski definition) is 2. The minimum atomic E-state index is -0.541. The third kappa shape index (κ3) is 4.21. The number of nitrogens with one attached hydrogen (secondary N) is 2. The number of aryl methyl sites for hydroxylation is 1. The zero-order valence-corrected chi connectivity index (χ0v) is 18.7. The van der Waals surface area contributed by atoms with Crippen molar-refractivity contribution in [3.05, 3.63) is 95.8 Å². The van der Waals surface area contributed by atoms with Crippen LogP contribution in [-0.4, -0.2) is 26.0 Å². The van der Waals surface area contributed by atoms with Crippen LogP contribution in [0.2, 0.25) is 0 Å². The summed E-state index contributed by atoms with van der Waals surface area (Å²) in [5.41, 5.74) is 6.97. The van der Waals surface area contributed by atoms with Gasteiger partial charge < -0.3 is 10.7 Å². The van der Waals surface area contributed by atoms with Gasteiger partial charge in [0.05, 0.1) is 6.04 Å². The normalized spacial score (nSPS) is 17.2. The molecule has 166 valence electrons. The van der Waals surface area contributed by atoms with E-state index in [1.165, 1.54) is 23.9 Å². The molecule has 2 atom stereocenters. The number of para-hydroxylation sites is 1. The molecule has 0 saturated carbocycles. The van der Waals surface area contributed by atoms with Gasteiger partial charge in [0.1, 0.15) is 11.1 Å². The number of thioether (sulfide) groups is 1. The van der Waals surface area contributed by atoms with Gasteiger partial charge in [0.2, 0.25) is 11.1 Å². The van der Waals surface area contributed by atoms with Crippen LogP contribution in [0.5, 0.6) is 0 Å². The smallest absolute Gasteiger partial charge is 0.240 e. The molecule has 1 aliphatic heterocycles. The second-order valence-electron chi connectivity index (χ2n) is 7.70. The van der Waals surface area contributed by atoms with Crippen molar-refractivity contribution in [1.82, 2.24) is 14.9 Å². The van der Waals surface area contributed by atoms with Crippen LogP contribution in [0, 0.1) is 5.82 Å². The molecule has 1 aliphatic rings. The number of aromatic nitrogens is 3. The van der Waals surface area contributed by atoms with E-state index in [-0.39, 0.29) is 11.7 Å². The van der Waals surface area contributed by atoms with Gasteiger partial charge >= 0.3 is 0 Å². The van der Waals surface area contributed by atoms with Crippen LogP contribution in [0.3, 0.4) is 0 Å². The predicted molar refractivity (Wildman–Crippen MR) is 128 cm³/mol. The van der Waals surface area contributed by atoms with E-state index in [2.05, 4.69) is 27.9 Å². The minimum Gasteiger partial charge on any atom is -0.325 e. The first-order chi connectivity index (χ1) is 16.1. The van der Waals surface area contributed by atoms with Gasteiger partial charge in [-0.3, -0.25) is 4.79 Å². The predicted octanol–water partition coefficient (Wildman–Crippen LogP) is 5.04. The van der Waals surface area contributed by atoms with Gasteiger partial charge in [-0.25, -0.2) is 9.07 Å². The lowest BCUT2D eigenvalue weighted by molar-refractivity contribution is -0.116. The Kier molecular flexibility index (Phi) is 5.83. The van der Waals surface area contributed by atoms with E-state index in [1.54, 1.807) is 16.8 Å². The number of benzene rings is 3. The average molecular weight is 460 g/mol. The van der Waals surface area contributed by atoms with Gasteiger partial charge in [0.15, 0.2) is 5.82 Å². The fourth-order valence-corrected chi connectivity index (χ4v) is 4.98. The number of hydrogen-bond acceptors (Lipinski definition) is 5. The molecule has 5 rings (SSSR count). The van der Waals surface area contributed by atoms with E-state index < -0.39 is 11.3 Å². The van der Waals surface area contributed by atoms with Crippen molar-refractivity contribution in [3.8, 4) is 11.4 Å². The molecule has 0 fully saturated rings. The van der Waals surface area contributed by atoms with Crippen molar-refractivity contribution >= 4 is 23.4 Å². The van der Waals surface area contributed by atoms with E-state index in [0.29, 0.717) is 11.0 Å². The molecule has 0 spiro atoms. The van der Waals surface area contributed by atoms with Crippen molar-refractivity contribution in [3.63, 3.8) is 0 Å². The molecule has 4 aromatic rings. The Morgan fingerprint density at radius 2 is 1.76 bits per heavy atom. The first kappa shape index (κ1) is 21.2.